The van der Waals surface area contributed by atoms with Gasteiger partial charge in [-0.05, 0) is 54.1 Å². The highest BCUT2D eigenvalue weighted by molar-refractivity contribution is 7.99. The summed E-state index contributed by atoms with van der Waals surface area (Å²) < 4.78 is 33.4. The van der Waals surface area contributed by atoms with Gasteiger partial charge in [0, 0.05) is 23.3 Å². The molecule has 0 aromatic heterocycles. The number of ether oxygens (including phenoxy) is 1. The lowest BCUT2D eigenvalue weighted by Gasteiger charge is -2.28. The van der Waals surface area contributed by atoms with Gasteiger partial charge in [0.1, 0.15) is 5.75 Å². The monoisotopic (exact) mass is 532 g/mol. The van der Waals surface area contributed by atoms with Gasteiger partial charge in [-0.3, -0.25) is 4.79 Å². The number of rotatable bonds is 10. The molecular formula is C29H28N2O4S2. The molecule has 0 aliphatic heterocycles. The average Bonchev–Trinajstić information content (AvgIpc) is 2.93. The Morgan fingerprint density at radius 3 is 2.11 bits per heavy atom. The molecule has 1 N–H and O–H groups in total. The highest BCUT2D eigenvalue weighted by Gasteiger charge is 2.31. The molecule has 6 nitrogen and oxygen atoms in total. The molecule has 4 aromatic rings. The van der Waals surface area contributed by atoms with E-state index in [2.05, 4.69) is 5.32 Å². The van der Waals surface area contributed by atoms with E-state index in [1.54, 1.807) is 73.5 Å². The molecule has 0 heterocycles. The molecule has 190 valence electrons. The number of amides is 1. The van der Waals surface area contributed by atoms with Crippen molar-refractivity contribution in [1.29, 1.82) is 0 Å². The van der Waals surface area contributed by atoms with Crippen LogP contribution in [0.5, 0.6) is 5.75 Å². The van der Waals surface area contributed by atoms with Gasteiger partial charge in [0.15, 0.2) is 0 Å². The summed E-state index contributed by atoms with van der Waals surface area (Å²) in [5.41, 5.74) is 1.35. The molecular weight excluding hydrogens is 504 g/mol. The summed E-state index contributed by atoms with van der Waals surface area (Å²) in [6, 6.07) is 32.0. The zero-order valence-corrected chi connectivity index (χ0v) is 22.2. The van der Waals surface area contributed by atoms with Gasteiger partial charge in [0.05, 0.1) is 23.7 Å². The van der Waals surface area contributed by atoms with Crippen molar-refractivity contribution in [2.45, 2.75) is 27.1 Å². The number of nitrogens with one attached hydrogen (secondary N) is 1. The van der Waals surface area contributed by atoms with Crippen LogP contribution in [0.3, 0.4) is 0 Å². The summed E-state index contributed by atoms with van der Waals surface area (Å²) in [6.07, 6.45) is -0.0702. The number of hydrogen-bond donors (Lipinski definition) is 1. The summed E-state index contributed by atoms with van der Waals surface area (Å²) in [7, 11) is -0.781. The van der Waals surface area contributed by atoms with Gasteiger partial charge < -0.3 is 10.1 Å². The lowest BCUT2D eigenvalue weighted by Crippen LogP contribution is -2.33. The fourth-order valence-electron chi connectivity index (χ4n) is 3.86. The van der Waals surface area contributed by atoms with Crippen LogP contribution in [0.15, 0.2) is 124 Å². The number of para-hydroxylation sites is 1. The van der Waals surface area contributed by atoms with E-state index in [0.717, 1.165) is 9.79 Å². The van der Waals surface area contributed by atoms with E-state index in [4.69, 9.17) is 4.74 Å². The second-order valence-electron chi connectivity index (χ2n) is 8.29. The van der Waals surface area contributed by atoms with Crippen LogP contribution in [-0.2, 0) is 14.8 Å². The highest BCUT2D eigenvalue weighted by atomic mass is 32.2. The quantitative estimate of drug-likeness (QED) is 0.262. The van der Waals surface area contributed by atoms with Crippen molar-refractivity contribution in [3.63, 3.8) is 0 Å². The maximum absolute atomic E-state index is 13.4. The van der Waals surface area contributed by atoms with Crippen molar-refractivity contribution in [2.75, 3.05) is 19.5 Å². The first-order valence-electron chi connectivity index (χ1n) is 11.7. The smallest absolute Gasteiger partial charge is 0.243 e. The molecule has 0 bridgehead atoms. The molecule has 0 saturated heterocycles. The van der Waals surface area contributed by atoms with Crippen LogP contribution in [0.4, 0.5) is 5.69 Å². The second kappa shape index (κ2) is 12.1. The Balaban J connectivity index is 1.60. The van der Waals surface area contributed by atoms with Crippen molar-refractivity contribution < 1.29 is 17.9 Å². The Morgan fingerprint density at radius 1 is 0.865 bits per heavy atom. The van der Waals surface area contributed by atoms with Crippen LogP contribution in [0.25, 0.3) is 0 Å². The zero-order chi connectivity index (χ0) is 26.3. The minimum Gasteiger partial charge on any atom is -0.497 e. The summed E-state index contributed by atoms with van der Waals surface area (Å²) in [5, 5.41) is 2.99. The van der Waals surface area contributed by atoms with Crippen LogP contribution in [-0.4, -0.2) is 32.8 Å². The van der Waals surface area contributed by atoms with Gasteiger partial charge in [-0.2, -0.15) is 4.31 Å². The molecule has 8 heteroatoms. The number of sulfonamides is 1. The average molecular weight is 533 g/mol. The number of hydrogen-bond acceptors (Lipinski definition) is 5. The van der Waals surface area contributed by atoms with E-state index in [0.29, 0.717) is 17.0 Å². The lowest BCUT2D eigenvalue weighted by molar-refractivity contribution is -0.117. The molecule has 0 aliphatic carbocycles. The van der Waals surface area contributed by atoms with Gasteiger partial charge in [-0.1, -0.05) is 72.4 Å². The first-order chi connectivity index (χ1) is 17.9. The van der Waals surface area contributed by atoms with E-state index in [1.807, 2.05) is 54.6 Å². The Labute approximate surface area is 222 Å². The minimum absolute atomic E-state index is 0.0702. The first kappa shape index (κ1) is 26.5. The molecule has 0 fully saturated rings. The zero-order valence-electron chi connectivity index (χ0n) is 20.6. The predicted octanol–water partition coefficient (Wildman–Crippen LogP) is 6.24. The van der Waals surface area contributed by atoms with Crippen molar-refractivity contribution in [2.24, 2.45) is 0 Å². The Bertz CT molecular complexity index is 1430. The maximum atomic E-state index is 13.4. The second-order valence-corrected chi connectivity index (χ2v) is 11.4. The summed E-state index contributed by atoms with van der Waals surface area (Å²) in [4.78, 5) is 15.4. The fourth-order valence-corrected chi connectivity index (χ4v) is 6.15. The van der Waals surface area contributed by atoms with E-state index in [-0.39, 0.29) is 17.2 Å². The van der Waals surface area contributed by atoms with Gasteiger partial charge in [-0.15, -0.1) is 0 Å². The lowest BCUT2D eigenvalue weighted by atomic mass is 10.0. The molecule has 0 unspecified atom stereocenters. The molecule has 0 radical (unpaired) electrons. The van der Waals surface area contributed by atoms with Gasteiger partial charge >= 0.3 is 0 Å². The predicted molar refractivity (Wildman–Crippen MR) is 147 cm³/mol. The van der Waals surface area contributed by atoms with Crippen molar-refractivity contribution in [1.82, 2.24) is 4.31 Å². The normalized spacial score (nSPS) is 12.2. The number of anilines is 1. The van der Waals surface area contributed by atoms with Gasteiger partial charge in [-0.25, -0.2) is 8.42 Å². The molecule has 4 rings (SSSR count). The van der Waals surface area contributed by atoms with Crippen LogP contribution in [0, 0.1) is 0 Å². The molecule has 4 aromatic carbocycles. The molecule has 1 amide bonds. The third-order valence-electron chi connectivity index (χ3n) is 5.87. The fraction of sp³-hybridized carbons (Fsp3) is 0.138. The number of benzene rings is 4. The van der Waals surface area contributed by atoms with Crippen LogP contribution in [0.2, 0.25) is 0 Å². The number of nitrogens with zero attached hydrogens (tertiary/aromatic N) is 1. The van der Waals surface area contributed by atoms with E-state index >= 15 is 0 Å². The van der Waals surface area contributed by atoms with E-state index < -0.39 is 16.1 Å². The van der Waals surface area contributed by atoms with Gasteiger partial charge in [0.25, 0.3) is 0 Å². The third-order valence-corrected chi connectivity index (χ3v) is 8.83. The summed E-state index contributed by atoms with van der Waals surface area (Å²) in [5.74, 6) is 0.351. The van der Waals surface area contributed by atoms with Crippen LogP contribution < -0.4 is 10.1 Å². The minimum atomic E-state index is -3.85. The van der Waals surface area contributed by atoms with Crippen molar-refractivity contribution in [3.05, 3.63) is 115 Å². The summed E-state index contributed by atoms with van der Waals surface area (Å²) in [6.45, 7) is 0. The molecule has 0 saturated carbocycles. The van der Waals surface area contributed by atoms with Crippen molar-refractivity contribution in [3.8, 4) is 5.75 Å². The van der Waals surface area contributed by atoms with E-state index in [9.17, 15) is 13.2 Å². The first-order valence-corrected chi connectivity index (χ1v) is 13.9. The number of carbonyl (C=O) groups excluding carboxylic acids is 1. The Hall–Kier alpha value is -3.59. The number of carbonyl (C=O) groups is 1. The SMILES string of the molecule is COc1ccc([C@@H](CC(=O)Nc2ccccc2Sc2ccccc2)N(C)S(=O)(=O)c2ccccc2)cc1. The molecule has 1 atom stereocenters. The molecule has 0 aliphatic rings. The molecule has 37 heavy (non-hydrogen) atoms. The van der Waals surface area contributed by atoms with Gasteiger partial charge in [0.2, 0.25) is 15.9 Å². The highest BCUT2D eigenvalue weighted by Crippen LogP contribution is 2.34. The largest absolute Gasteiger partial charge is 0.497 e. The van der Waals surface area contributed by atoms with E-state index in [1.165, 1.54) is 11.4 Å². The molecule has 0 spiro atoms. The Kier molecular flexibility index (Phi) is 8.66. The Morgan fingerprint density at radius 2 is 1.46 bits per heavy atom. The topological polar surface area (TPSA) is 75.7 Å². The van der Waals surface area contributed by atoms with Crippen molar-refractivity contribution >= 4 is 33.4 Å². The third kappa shape index (κ3) is 6.60. The maximum Gasteiger partial charge on any atom is 0.243 e. The van der Waals surface area contributed by atoms with Crippen LogP contribution >= 0.6 is 11.8 Å². The van der Waals surface area contributed by atoms with Crippen LogP contribution in [0.1, 0.15) is 18.0 Å². The summed E-state index contributed by atoms with van der Waals surface area (Å²) >= 11 is 1.55. The standard InChI is InChI=1S/C29H28N2O4S2/c1-31(37(33,34)25-13-7-4-8-14-25)27(22-17-19-23(35-2)20-18-22)21-29(32)30-26-15-9-10-16-28(26)36-24-11-5-3-6-12-24/h3-20,27H,21H2,1-2H3,(H,30,32)/t27-/m1/s1. The number of methoxy groups -OCH3 is 1.